The molecule has 0 radical (unpaired) electrons. The topological polar surface area (TPSA) is 86.6 Å². The second-order valence-corrected chi connectivity index (χ2v) is 4.02. The largest absolute Gasteiger partial charge is 0.394 e. The molecule has 0 aliphatic rings. The van der Waals surface area contributed by atoms with Crippen molar-refractivity contribution in [3.8, 4) is 0 Å². The molecule has 7 heteroatoms. The van der Waals surface area contributed by atoms with Gasteiger partial charge in [0.15, 0.2) is 11.6 Å². The zero-order chi connectivity index (χ0) is 15.4. The molecule has 0 aromatic heterocycles. The number of methoxy groups -OCH3 is 4. The fourth-order valence-corrected chi connectivity index (χ4v) is 0.736. The molecule has 0 bridgehead atoms. The molecule has 0 heterocycles. The lowest BCUT2D eigenvalue weighted by molar-refractivity contribution is -0.223. The van der Waals surface area contributed by atoms with E-state index in [1.54, 1.807) is 28.1 Å². The molecule has 7 nitrogen and oxygen atoms in total. The summed E-state index contributed by atoms with van der Waals surface area (Å²) in [6.07, 6.45) is 0. The zero-order valence-electron chi connectivity index (χ0n) is 12.8. The minimum Gasteiger partial charge on any atom is -0.394 e. The van der Waals surface area contributed by atoms with Gasteiger partial charge in [0.25, 0.3) is 0 Å². The highest BCUT2D eigenvalue weighted by Crippen LogP contribution is 2.09. The maximum Gasteiger partial charge on any atom is 0.188 e. The van der Waals surface area contributed by atoms with Gasteiger partial charge in [-0.1, -0.05) is 0 Å². The van der Waals surface area contributed by atoms with Crippen LogP contribution in [-0.4, -0.2) is 76.7 Å². The highest BCUT2D eigenvalue weighted by molar-refractivity contribution is 4.59. The van der Waals surface area contributed by atoms with E-state index in [-0.39, 0.29) is 13.2 Å². The van der Waals surface area contributed by atoms with E-state index in [1.807, 2.05) is 0 Å². The van der Waals surface area contributed by atoms with E-state index in [4.69, 9.17) is 33.9 Å². The van der Waals surface area contributed by atoms with E-state index in [9.17, 15) is 0 Å². The monoisotopic (exact) mass is 284 g/mol. The Kier molecular flexibility index (Phi) is 12.8. The van der Waals surface area contributed by atoms with E-state index in [1.165, 1.54) is 14.2 Å². The summed E-state index contributed by atoms with van der Waals surface area (Å²) >= 11 is 0. The molecule has 2 N–H and O–H groups in total. The standard InChI is InChI=1S/C7H16O4.C5H12O3/c1-7(9-2,10-3)6-11-5-4-8;1-5(4-6,7-2)8-3/h8H,4-6H2,1-3H3;6H,4H2,1-3H3. The maximum atomic E-state index is 8.54. The second-order valence-electron chi connectivity index (χ2n) is 4.02. The smallest absolute Gasteiger partial charge is 0.188 e. The van der Waals surface area contributed by atoms with E-state index in [0.29, 0.717) is 13.2 Å². The lowest BCUT2D eigenvalue weighted by atomic mass is 10.3. The van der Waals surface area contributed by atoms with Gasteiger partial charge in [-0.3, -0.25) is 0 Å². The third kappa shape index (κ3) is 10.2. The van der Waals surface area contributed by atoms with Crippen LogP contribution < -0.4 is 0 Å². The molecule has 19 heavy (non-hydrogen) atoms. The van der Waals surface area contributed by atoms with Crippen molar-refractivity contribution in [2.75, 3.05) is 54.9 Å². The maximum absolute atomic E-state index is 8.54. The molecule has 0 aromatic rings. The van der Waals surface area contributed by atoms with Crippen molar-refractivity contribution < 1.29 is 33.9 Å². The average Bonchev–Trinajstić information content (AvgIpc) is 2.47. The van der Waals surface area contributed by atoms with Crippen LogP contribution in [0.3, 0.4) is 0 Å². The fourth-order valence-electron chi connectivity index (χ4n) is 0.736. The molecule has 0 fully saturated rings. The number of hydrogen-bond donors (Lipinski definition) is 2. The van der Waals surface area contributed by atoms with Crippen LogP contribution in [0.15, 0.2) is 0 Å². The molecule has 0 aromatic carbocycles. The first-order valence-electron chi connectivity index (χ1n) is 5.87. The predicted molar refractivity (Wildman–Crippen MR) is 69.8 cm³/mol. The summed E-state index contributed by atoms with van der Waals surface area (Å²) in [6, 6.07) is 0. The molecular formula is C12H28O7. The Labute approximate surface area is 115 Å². The third-order valence-electron chi connectivity index (χ3n) is 2.61. The Morgan fingerprint density at radius 2 is 1.21 bits per heavy atom. The van der Waals surface area contributed by atoms with Gasteiger partial charge in [-0.05, 0) is 13.8 Å². The van der Waals surface area contributed by atoms with Crippen molar-refractivity contribution in [2.24, 2.45) is 0 Å². The van der Waals surface area contributed by atoms with Crippen LogP contribution in [0.25, 0.3) is 0 Å². The van der Waals surface area contributed by atoms with E-state index < -0.39 is 11.6 Å². The van der Waals surface area contributed by atoms with Crippen molar-refractivity contribution in [3.05, 3.63) is 0 Å². The number of aliphatic hydroxyl groups is 2. The summed E-state index contributed by atoms with van der Waals surface area (Å²) in [5, 5.41) is 16.9. The Balaban J connectivity index is 0. The average molecular weight is 284 g/mol. The van der Waals surface area contributed by atoms with Crippen molar-refractivity contribution in [1.29, 1.82) is 0 Å². The van der Waals surface area contributed by atoms with Crippen molar-refractivity contribution in [3.63, 3.8) is 0 Å². The van der Waals surface area contributed by atoms with Gasteiger partial charge in [0.05, 0.1) is 19.8 Å². The summed E-state index contributed by atoms with van der Waals surface area (Å²) in [6.45, 7) is 3.95. The van der Waals surface area contributed by atoms with Gasteiger partial charge in [0.2, 0.25) is 0 Å². The second kappa shape index (κ2) is 11.5. The Bertz CT molecular complexity index is 182. The van der Waals surface area contributed by atoms with Crippen molar-refractivity contribution in [1.82, 2.24) is 0 Å². The predicted octanol–water partition coefficient (Wildman–Crippen LogP) is -0.00800. The van der Waals surface area contributed by atoms with Gasteiger partial charge in [-0.2, -0.15) is 0 Å². The highest BCUT2D eigenvalue weighted by atomic mass is 16.7. The Morgan fingerprint density at radius 3 is 1.42 bits per heavy atom. The van der Waals surface area contributed by atoms with Crippen molar-refractivity contribution in [2.45, 2.75) is 25.4 Å². The van der Waals surface area contributed by atoms with Gasteiger partial charge in [0.1, 0.15) is 6.61 Å². The Hall–Kier alpha value is -0.280. The molecule has 0 aliphatic carbocycles. The molecule has 0 amide bonds. The summed E-state index contributed by atoms with van der Waals surface area (Å²) < 4.78 is 24.6. The molecule has 0 rings (SSSR count). The first-order chi connectivity index (χ1) is 8.86. The molecule has 118 valence electrons. The van der Waals surface area contributed by atoms with Crippen LogP contribution in [-0.2, 0) is 23.7 Å². The lowest BCUT2D eigenvalue weighted by Crippen LogP contribution is -2.35. The normalized spacial score (nSPS) is 12.0. The fraction of sp³-hybridized carbons (Fsp3) is 1.00. The van der Waals surface area contributed by atoms with E-state index >= 15 is 0 Å². The summed E-state index contributed by atoms with van der Waals surface area (Å²) in [4.78, 5) is 0. The molecule has 0 unspecified atom stereocenters. The van der Waals surface area contributed by atoms with Gasteiger partial charge in [0, 0.05) is 28.4 Å². The molecule has 0 atom stereocenters. The first kappa shape index (κ1) is 21.0. The molecular weight excluding hydrogens is 256 g/mol. The van der Waals surface area contributed by atoms with Gasteiger partial charge in [-0.25, -0.2) is 0 Å². The highest BCUT2D eigenvalue weighted by Gasteiger charge is 2.22. The summed E-state index contributed by atoms with van der Waals surface area (Å²) in [5.74, 6) is -1.52. The number of rotatable bonds is 9. The molecule has 0 saturated carbocycles. The lowest BCUT2D eigenvalue weighted by Gasteiger charge is -2.25. The van der Waals surface area contributed by atoms with Gasteiger partial charge in [-0.15, -0.1) is 0 Å². The van der Waals surface area contributed by atoms with Crippen LogP contribution in [0.5, 0.6) is 0 Å². The molecule has 0 saturated heterocycles. The number of ether oxygens (including phenoxy) is 5. The third-order valence-corrected chi connectivity index (χ3v) is 2.61. The number of hydrogen-bond acceptors (Lipinski definition) is 7. The van der Waals surface area contributed by atoms with Crippen LogP contribution in [0.1, 0.15) is 13.8 Å². The van der Waals surface area contributed by atoms with Gasteiger partial charge < -0.3 is 33.9 Å². The number of aliphatic hydroxyl groups excluding tert-OH is 2. The molecule has 0 spiro atoms. The van der Waals surface area contributed by atoms with Crippen molar-refractivity contribution >= 4 is 0 Å². The summed E-state index contributed by atoms with van der Waals surface area (Å²) in [7, 11) is 6.07. The van der Waals surface area contributed by atoms with Gasteiger partial charge >= 0.3 is 0 Å². The Morgan fingerprint density at radius 1 is 0.789 bits per heavy atom. The van der Waals surface area contributed by atoms with E-state index in [2.05, 4.69) is 0 Å². The zero-order valence-corrected chi connectivity index (χ0v) is 12.8. The quantitative estimate of drug-likeness (QED) is 0.455. The molecule has 0 aliphatic heterocycles. The van der Waals surface area contributed by atoms with Crippen LogP contribution in [0.4, 0.5) is 0 Å². The van der Waals surface area contributed by atoms with E-state index in [0.717, 1.165) is 0 Å². The van der Waals surface area contributed by atoms with Crippen LogP contribution >= 0.6 is 0 Å². The summed E-state index contributed by atoms with van der Waals surface area (Å²) in [5.41, 5.74) is 0. The van der Waals surface area contributed by atoms with Crippen LogP contribution in [0.2, 0.25) is 0 Å². The first-order valence-corrected chi connectivity index (χ1v) is 5.87. The minimum atomic E-state index is -0.819. The SMILES string of the molecule is COC(C)(CO)OC.COC(C)(COCCO)OC. The van der Waals surface area contributed by atoms with Crippen LogP contribution in [0, 0.1) is 0 Å². The minimum absolute atomic E-state index is 0.0174.